The number of benzene rings is 1. The van der Waals surface area contributed by atoms with Gasteiger partial charge in [0.25, 0.3) is 5.56 Å². The van der Waals surface area contributed by atoms with E-state index in [2.05, 4.69) is 15.0 Å². The van der Waals surface area contributed by atoms with Crippen molar-refractivity contribution in [2.45, 2.75) is 43.7 Å². The third-order valence-electron chi connectivity index (χ3n) is 4.09. The smallest absolute Gasteiger partial charge is 0.406 e. The number of rotatable bonds is 5. The minimum absolute atomic E-state index is 0.0589. The molecule has 0 radical (unpaired) electrons. The molecule has 2 aromatic rings. The molecule has 0 aliphatic carbocycles. The van der Waals surface area contributed by atoms with Crippen LogP contribution in [0.4, 0.5) is 18.9 Å². The van der Waals surface area contributed by atoms with Crippen molar-refractivity contribution >= 4 is 23.4 Å². The van der Waals surface area contributed by atoms with Crippen molar-refractivity contribution in [2.75, 3.05) is 11.1 Å². The fourth-order valence-electron chi connectivity index (χ4n) is 2.78. The van der Waals surface area contributed by atoms with Crippen LogP contribution < -0.4 is 15.6 Å². The van der Waals surface area contributed by atoms with Crippen LogP contribution in [0.15, 0.2) is 40.3 Å². The van der Waals surface area contributed by atoms with E-state index >= 15 is 0 Å². The van der Waals surface area contributed by atoms with Gasteiger partial charge in [0.15, 0.2) is 5.16 Å². The number of carbonyl (C=O) groups excluding carboxylic acids is 1. The van der Waals surface area contributed by atoms with Crippen LogP contribution >= 0.6 is 11.8 Å². The first kappa shape index (κ1) is 20.2. The zero-order chi connectivity index (χ0) is 20.5. The number of nitrogens with zero attached hydrogens (tertiary/aromatic N) is 2. The average molecular weight is 413 g/mol. The number of halogens is 3. The van der Waals surface area contributed by atoms with Gasteiger partial charge in [-0.25, -0.2) is 4.98 Å². The summed E-state index contributed by atoms with van der Waals surface area (Å²) in [5.74, 6) is -0.0333. The molecule has 1 amide bonds. The minimum atomic E-state index is -4.77. The van der Waals surface area contributed by atoms with Crippen molar-refractivity contribution in [3.63, 3.8) is 0 Å². The monoisotopic (exact) mass is 413 g/mol. The van der Waals surface area contributed by atoms with Crippen molar-refractivity contribution in [1.29, 1.82) is 0 Å². The van der Waals surface area contributed by atoms with Gasteiger partial charge in [0.2, 0.25) is 5.91 Å². The standard InChI is InChI=1S/C18H18F3N3O3S/c1-10(2)14-8-16(26)24-12(9-28-17(24)23-14)7-15(25)22-11-3-5-13(6-4-11)27-18(19,20)21/h3-6,8,10,12H,7,9H2,1-2H3,(H,22,25)/t12-/m1/s1. The molecule has 0 saturated carbocycles. The van der Waals surface area contributed by atoms with Crippen molar-refractivity contribution in [3.05, 3.63) is 46.4 Å². The Morgan fingerprint density at radius 3 is 2.64 bits per heavy atom. The molecule has 2 heterocycles. The van der Waals surface area contributed by atoms with Crippen LogP contribution in [0, 0.1) is 0 Å². The maximum atomic E-state index is 12.4. The van der Waals surface area contributed by atoms with Gasteiger partial charge in [0.05, 0.1) is 11.7 Å². The quantitative estimate of drug-likeness (QED) is 0.752. The first-order valence-electron chi connectivity index (χ1n) is 8.54. The third kappa shape index (κ3) is 4.86. The largest absolute Gasteiger partial charge is 0.573 e. The lowest BCUT2D eigenvalue weighted by molar-refractivity contribution is -0.274. The number of fused-ring (bicyclic) bond motifs is 1. The Labute approximate surface area is 163 Å². The zero-order valence-electron chi connectivity index (χ0n) is 15.1. The van der Waals surface area contributed by atoms with Crippen LogP contribution in [0.25, 0.3) is 0 Å². The highest BCUT2D eigenvalue weighted by atomic mass is 32.2. The van der Waals surface area contributed by atoms with Gasteiger partial charge in [-0.3, -0.25) is 14.2 Å². The second-order valence-corrected chi connectivity index (χ2v) is 7.60. The zero-order valence-corrected chi connectivity index (χ0v) is 15.9. The lowest BCUT2D eigenvalue weighted by atomic mass is 10.1. The number of nitrogens with one attached hydrogen (secondary N) is 1. The van der Waals surface area contributed by atoms with Gasteiger partial charge in [0.1, 0.15) is 5.75 Å². The van der Waals surface area contributed by atoms with Gasteiger partial charge < -0.3 is 10.1 Å². The number of ether oxygens (including phenoxy) is 1. The highest BCUT2D eigenvalue weighted by Gasteiger charge is 2.31. The van der Waals surface area contributed by atoms with Gasteiger partial charge in [0, 0.05) is 23.9 Å². The normalized spacial score (nSPS) is 16.1. The van der Waals surface area contributed by atoms with Gasteiger partial charge in [-0.05, 0) is 30.2 Å². The van der Waals surface area contributed by atoms with E-state index in [1.807, 2.05) is 13.8 Å². The topological polar surface area (TPSA) is 73.2 Å². The molecule has 0 fully saturated rings. The maximum absolute atomic E-state index is 12.4. The molecule has 0 unspecified atom stereocenters. The number of aromatic nitrogens is 2. The molecule has 3 rings (SSSR count). The highest BCUT2D eigenvalue weighted by molar-refractivity contribution is 7.99. The molecule has 1 aromatic carbocycles. The molecule has 0 bridgehead atoms. The summed E-state index contributed by atoms with van der Waals surface area (Å²) in [5.41, 5.74) is 0.867. The highest BCUT2D eigenvalue weighted by Crippen LogP contribution is 2.33. The van der Waals surface area contributed by atoms with Crippen LogP contribution in [0.5, 0.6) is 5.75 Å². The van der Waals surface area contributed by atoms with Crippen molar-refractivity contribution in [2.24, 2.45) is 0 Å². The average Bonchev–Trinajstić information content (AvgIpc) is 2.98. The summed E-state index contributed by atoms with van der Waals surface area (Å²) in [4.78, 5) is 29.2. The number of thioether (sulfide) groups is 1. The molecule has 0 saturated heterocycles. The first-order valence-corrected chi connectivity index (χ1v) is 9.53. The van der Waals surface area contributed by atoms with Crippen LogP contribution in [0.2, 0.25) is 0 Å². The Morgan fingerprint density at radius 2 is 2.04 bits per heavy atom. The lowest BCUT2D eigenvalue weighted by Crippen LogP contribution is -2.28. The SMILES string of the molecule is CC(C)c1cc(=O)n2c(n1)SC[C@H]2CC(=O)Nc1ccc(OC(F)(F)F)cc1. The fourth-order valence-corrected chi connectivity index (χ4v) is 3.94. The van der Waals surface area contributed by atoms with E-state index in [-0.39, 0.29) is 35.6 Å². The van der Waals surface area contributed by atoms with Crippen LogP contribution in [0.1, 0.15) is 37.9 Å². The van der Waals surface area contributed by atoms with Crippen LogP contribution in [-0.2, 0) is 4.79 Å². The number of alkyl halides is 3. The first-order chi connectivity index (χ1) is 13.1. The van der Waals surface area contributed by atoms with Crippen LogP contribution in [-0.4, -0.2) is 27.6 Å². The van der Waals surface area contributed by atoms with Crippen molar-refractivity contribution < 1.29 is 22.7 Å². The fraction of sp³-hybridized carbons (Fsp3) is 0.389. The van der Waals surface area contributed by atoms with E-state index in [1.54, 1.807) is 0 Å². The van der Waals surface area contributed by atoms with Crippen LogP contribution in [0.3, 0.4) is 0 Å². The van der Waals surface area contributed by atoms with Gasteiger partial charge in [-0.2, -0.15) is 0 Å². The maximum Gasteiger partial charge on any atom is 0.573 e. The molecule has 6 nitrogen and oxygen atoms in total. The predicted molar refractivity (Wildman–Crippen MR) is 98.7 cm³/mol. The summed E-state index contributed by atoms with van der Waals surface area (Å²) in [6.07, 6.45) is -4.71. The third-order valence-corrected chi connectivity index (χ3v) is 5.19. The molecule has 1 aliphatic heterocycles. The van der Waals surface area contributed by atoms with Gasteiger partial charge >= 0.3 is 6.36 Å². The Morgan fingerprint density at radius 1 is 1.36 bits per heavy atom. The number of carbonyl (C=O) groups is 1. The molecule has 150 valence electrons. The van der Waals surface area contributed by atoms with E-state index in [1.165, 1.54) is 34.5 Å². The van der Waals surface area contributed by atoms with E-state index in [0.29, 0.717) is 16.6 Å². The van der Waals surface area contributed by atoms with Gasteiger partial charge in [-0.1, -0.05) is 25.6 Å². The van der Waals surface area contributed by atoms with E-state index in [0.717, 1.165) is 17.8 Å². The molecule has 1 aromatic heterocycles. The Bertz CT molecular complexity index is 926. The van der Waals surface area contributed by atoms with E-state index < -0.39 is 6.36 Å². The number of hydrogen-bond acceptors (Lipinski definition) is 5. The number of anilines is 1. The molecule has 1 atom stereocenters. The Kier molecular flexibility index (Phi) is 5.69. The molecule has 1 N–H and O–H groups in total. The summed E-state index contributed by atoms with van der Waals surface area (Å²) in [6.45, 7) is 3.91. The second-order valence-electron chi connectivity index (χ2n) is 6.62. The molecule has 0 spiro atoms. The van der Waals surface area contributed by atoms with E-state index in [9.17, 15) is 22.8 Å². The van der Waals surface area contributed by atoms with E-state index in [4.69, 9.17) is 0 Å². The summed E-state index contributed by atoms with van der Waals surface area (Å²) in [6, 6.07) is 6.04. The second kappa shape index (κ2) is 7.86. The minimum Gasteiger partial charge on any atom is -0.406 e. The van der Waals surface area contributed by atoms with Crippen molar-refractivity contribution in [1.82, 2.24) is 9.55 Å². The summed E-state index contributed by atoms with van der Waals surface area (Å²) in [7, 11) is 0. The molecule has 10 heteroatoms. The Balaban J connectivity index is 1.65. The molecular weight excluding hydrogens is 395 g/mol. The summed E-state index contributed by atoms with van der Waals surface area (Å²) >= 11 is 1.43. The van der Waals surface area contributed by atoms with Crippen molar-refractivity contribution in [3.8, 4) is 5.75 Å². The molecule has 1 aliphatic rings. The lowest BCUT2D eigenvalue weighted by Gasteiger charge is -2.14. The summed E-state index contributed by atoms with van der Waals surface area (Å²) in [5, 5.41) is 3.22. The molecular formula is C18H18F3N3O3S. The number of amides is 1. The molecule has 28 heavy (non-hydrogen) atoms. The predicted octanol–water partition coefficient (Wildman–Crippen LogP) is 3.94. The number of hydrogen-bond donors (Lipinski definition) is 1. The Hall–Kier alpha value is -2.49. The summed E-state index contributed by atoms with van der Waals surface area (Å²) < 4.78 is 41.8. The van der Waals surface area contributed by atoms with Gasteiger partial charge in [-0.15, -0.1) is 13.2 Å².